The van der Waals surface area contributed by atoms with Gasteiger partial charge in [-0.15, -0.1) is 0 Å². The summed E-state index contributed by atoms with van der Waals surface area (Å²) in [7, 11) is 0. The smallest absolute Gasteiger partial charge is 0.158 e. The molecule has 26 heavy (non-hydrogen) atoms. The highest BCUT2D eigenvalue weighted by atomic mass is 16.5. The minimum absolute atomic E-state index is 0.0581. The van der Waals surface area contributed by atoms with Gasteiger partial charge in [-0.1, -0.05) is 24.3 Å². The molecule has 0 unspecified atom stereocenters. The van der Waals surface area contributed by atoms with Gasteiger partial charge in [-0.2, -0.15) is 0 Å². The van der Waals surface area contributed by atoms with E-state index >= 15 is 0 Å². The van der Waals surface area contributed by atoms with Gasteiger partial charge in [0.15, 0.2) is 6.23 Å². The van der Waals surface area contributed by atoms with Crippen LogP contribution >= 0.6 is 0 Å². The molecule has 2 heterocycles. The van der Waals surface area contributed by atoms with Crippen LogP contribution in [0.1, 0.15) is 24.3 Å². The molecular formula is C22H24N2O2. The Morgan fingerprint density at radius 1 is 1.12 bits per heavy atom. The maximum Gasteiger partial charge on any atom is 0.158 e. The van der Waals surface area contributed by atoms with E-state index in [2.05, 4.69) is 65.2 Å². The third-order valence-electron chi connectivity index (χ3n) is 4.67. The number of hydrogen-bond acceptors (Lipinski definition) is 3. The second kappa shape index (κ2) is 7.26. The summed E-state index contributed by atoms with van der Waals surface area (Å²) in [5, 5.41) is 0. The summed E-state index contributed by atoms with van der Waals surface area (Å²) in [6.45, 7) is 6.41. The van der Waals surface area contributed by atoms with Crippen LogP contribution in [0.3, 0.4) is 0 Å². The van der Waals surface area contributed by atoms with Gasteiger partial charge in [0.05, 0.1) is 18.9 Å². The standard InChI is InChI=1S/C22H24N2O2/c1-3-25-21-10-5-4-9-20(21)23-12-11-18(16-23)22-24(13-14-26-22)19-8-6-7-17(2)15-19/h4-12,15-16,22H,3,13-14H2,1-2H3/t22-/m0/s1. The molecule has 134 valence electrons. The number of anilines is 1. The van der Waals surface area contributed by atoms with Gasteiger partial charge < -0.3 is 18.9 Å². The van der Waals surface area contributed by atoms with E-state index in [9.17, 15) is 0 Å². The van der Waals surface area contributed by atoms with E-state index in [0.717, 1.165) is 30.2 Å². The highest BCUT2D eigenvalue weighted by Gasteiger charge is 2.28. The SMILES string of the molecule is CCOc1ccccc1-n1ccc([C@@H]2OCCN2c2cccc(C)c2)c1. The van der Waals surface area contributed by atoms with Gasteiger partial charge in [0.2, 0.25) is 0 Å². The lowest BCUT2D eigenvalue weighted by Gasteiger charge is -2.25. The van der Waals surface area contributed by atoms with E-state index < -0.39 is 0 Å². The molecule has 4 rings (SSSR count). The Balaban J connectivity index is 1.63. The van der Waals surface area contributed by atoms with Gasteiger partial charge in [-0.3, -0.25) is 0 Å². The molecule has 0 amide bonds. The fourth-order valence-corrected chi connectivity index (χ4v) is 3.47. The fraction of sp³-hybridized carbons (Fsp3) is 0.273. The third-order valence-corrected chi connectivity index (χ3v) is 4.67. The van der Waals surface area contributed by atoms with Gasteiger partial charge >= 0.3 is 0 Å². The molecule has 0 saturated carbocycles. The lowest BCUT2D eigenvalue weighted by atomic mass is 10.2. The van der Waals surface area contributed by atoms with Gasteiger partial charge in [-0.25, -0.2) is 0 Å². The van der Waals surface area contributed by atoms with E-state index in [1.165, 1.54) is 11.3 Å². The van der Waals surface area contributed by atoms with Crippen molar-refractivity contribution in [3.05, 3.63) is 78.1 Å². The number of benzene rings is 2. The normalized spacial score (nSPS) is 16.8. The van der Waals surface area contributed by atoms with Crippen LogP contribution in [-0.2, 0) is 4.74 Å². The molecule has 1 fully saturated rings. The first-order valence-corrected chi connectivity index (χ1v) is 9.11. The van der Waals surface area contributed by atoms with Crippen molar-refractivity contribution in [3.63, 3.8) is 0 Å². The van der Waals surface area contributed by atoms with Crippen LogP contribution in [0.25, 0.3) is 5.69 Å². The van der Waals surface area contributed by atoms with E-state index in [1.807, 2.05) is 25.1 Å². The van der Waals surface area contributed by atoms with Gasteiger partial charge in [0.25, 0.3) is 0 Å². The zero-order valence-electron chi connectivity index (χ0n) is 15.3. The number of aromatic nitrogens is 1. The number of para-hydroxylation sites is 2. The number of nitrogens with zero attached hydrogens (tertiary/aromatic N) is 2. The first kappa shape index (κ1) is 16.7. The van der Waals surface area contributed by atoms with Crippen molar-refractivity contribution < 1.29 is 9.47 Å². The largest absolute Gasteiger partial charge is 0.492 e. The highest BCUT2D eigenvalue weighted by molar-refractivity contribution is 5.52. The molecule has 1 aliphatic rings. The summed E-state index contributed by atoms with van der Waals surface area (Å²) in [4.78, 5) is 2.32. The van der Waals surface area contributed by atoms with Crippen LogP contribution in [0.2, 0.25) is 0 Å². The summed E-state index contributed by atoms with van der Waals surface area (Å²) in [6.07, 6.45) is 4.15. The van der Waals surface area contributed by atoms with Crippen LogP contribution in [0, 0.1) is 6.92 Å². The van der Waals surface area contributed by atoms with E-state index in [0.29, 0.717) is 6.61 Å². The van der Waals surface area contributed by atoms with Crippen molar-refractivity contribution in [1.82, 2.24) is 4.57 Å². The summed E-state index contributed by atoms with van der Waals surface area (Å²) < 4.78 is 13.9. The van der Waals surface area contributed by atoms with Gasteiger partial charge in [-0.05, 0) is 49.7 Å². The molecule has 0 aliphatic carbocycles. The Bertz CT molecular complexity index is 887. The van der Waals surface area contributed by atoms with Crippen molar-refractivity contribution in [2.75, 3.05) is 24.7 Å². The maximum atomic E-state index is 6.05. The summed E-state index contributed by atoms with van der Waals surface area (Å²) >= 11 is 0. The second-order valence-electron chi connectivity index (χ2n) is 6.51. The summed E-state index contributed by atoms with van der Waals surface area (Å²) in [5.41, 5.74) is 4.65. The summed E-state index contributed by atoms with van der Waals surface area (Å²) in [5.74, 6) is 0.889. The molecule has 1 atom stereocenters. The third kappa shape index (κ3) is 3.20. The molecule has 1 saturated heterocycles. The molecule has 1 aliphatic heterocycles. The Morgan fingerprint density at radius 2 is 2.00 bits per heavy atom. The van der Waals surface area contributed by atoms with Crippen molar-refractivity contribution in [1.29, 1.82) is 0 Å². The molecule has 4 heteroatoms. The lowest BCUT2D eigenvalue weighted by Crippen LogP contribution is -2.23. The predicted molar refractivity (Wildman–Crippen MR) is 104 cm³/mol. The zero-order valence-corrected chi connectivity index (χ0v) is 15.3. The van der Waals surface area contributed by atoms with Crippen LogP contribution < -0.4 is 9.64 Å². The maximum absolute atomic E-state index is 6.05. The molecule has 0 N–H and O–H groups in total. The highest BCUT2D eigenvalue weighted by Crippen LogP contribution is 2.33. The molecule has 4 nitrogen and oxygen atoms in total. The van der Waals surface area contributed by atoms with E-state index in [4.69, 9.17) is 9.47 Å². The minimum atomic E-state index is -0.0581. The topological polar surface area (TPSA) is 26.6 Å². The van der Waals surface area contributed by atoms with Crippen LogP contribution in [-0.4, -0.2) is 24.3 Å². The second-order valence-corrected chi connectivity index (χ2v) is 6.51. The lowest BCUT2D eigenvalue weighted by molar-refractivity contribution is 0.114. The van der Waals surface area contributed by atoms with Crippen LogP contribution in [0.15, 0.2) is 67.0 Å². The fourth-order valence-electron chi connectivity index (χ4n) is 3.47. The first-order valence-electron chi connectivity index (χ1n) is 9.11. The Hall–Kier alpha value is -2.72. The van der Waals surface area contributed by atoms with Crippen molar-refractivity contribution in [2.24, 2.45) is 0 Å². The van der Waals surface area contributed by atoms with Gasteiger partial charge in [0, 0.05) is 30.2 Å². The monoisotopic (exact) mass is 348 g/mol. The Morgan fingerprint density at radius 3 is 2.85 bits per heavy atom. The average molecular weight is 348 g/mol. The molecule has 0 spiro atoms. The number of aryl methyl sites for hydroxylation is 1. The predicted octanol–water partition coefficient (Wildman–Crippen LogP) is 4.72. The van der Waals surface area contributed by atoms with Crippen molar-refractivity contribution >= 4 is 5.69 Å². The summed E-state index contributed by atoms with van der Waals surface area (Å²) in [6, 6.07) is 18.8. The Labute approximate surface area is 154 Å². The number of hydrogen-bond donors (Lipinski definition) is 0. The molecular weight excluding hydrogens is 324 g/mol. The van der Waals surface area contributed by atoms with Gasteiger partial charge in [0.1, 0.15) is 5.75 Å². The molecule has 3 aromatic rings. The number of ether oxygens (including phenoxy) is 2. The molecule has 0 radical (unpaired) electrons. The van der Waals surface area contributed by atoms with Crippen LogP contribution in [0.4, 0.5) is 5.69 Å². The van der Waals surface area contributed by atoms with E-state index in [-0.39, 0.29) is 6.23 Å². The quantitative estimate of drug-likeness (QED) is 0.667. The molecule has 1 aromatic heterocycles. The minimum Gasteiger partial charge on any atom is -0.492 e. The van der Waals surface area contributed by atoms with E-state index in [1.54, 1.807) is 0 Å². The average Bonchev–Trinajstić information content (AvgIpc) is 3.32. The zero-order chi connectivity index (χ0) is 17.9. The first-order chi connectivity index (χ1) is 12.8. The Kier molecular flexibility index (Phi) is 4.67. The van der Waals surface area contributed by atoms with Crippen molar-refractivity contribution in [2.45, 2.75) is 20.1 Å². The van der Waals surface area contributed by atoms with Crippen molar-refractivity contribution in [3.8, 4) is 11.4 Å². The van der Waals surface area contributed by atoms with Crippen LogP contribution in [0.5, 0.6) is 5.75 Å². The molecule has 2 aromatic carbocycles. The number of rotatable bonds is 5. The molecule has 0 bridgehead atoms.